The van der Waals surface area contributed by atoms with Crippen LogP contribution in [0.1, 0.15) is 0 Å². The molecular formula is C51H29N3S2. The van der Waals surface area contributed by atoms with Gasteiger partial charge in [0.15, 0.2) is 5.82 Å². The van der Waals surface area contributed by atoms with E-state index in [2.05, 4.69) is 176 Å². The van der Waals surface area contributed by atoms with E-state index in [1.165, 1.54) is 56.5 Å². The molecule has 0 saturated carbocycles. The highest BCUT2D eigenvalue weighted by atomic mass is 32.1. The molecule has 12 rings (SSSR count). The number of hydrogen-bond acceptors (Lipinski definition) is 5. The Morgan fingerprint density at radius 3 is 1.91 bits per heavy atom. The molecule has 4 aromatic heterocycles. The standard InChI is InChI=1S/C51H29N3S2/c1-2-13-31(14-3-1)41-29-42(36-20-11-23-45-47(36)37-18-7-9-22-43(37)55-45)54-51(53-41)32-24-26-44-39(28-32)49-46(56-44)27-25-38-48(49)35-17-6-8-21-40(35)52-50(38)34-19-10-15-30-12-4-5-16-33(30)34/h1-29H. The predicted octanol–water partition coefficient (Wildman–Crippen LogP) is 14.7. The van der Waals surface area contributed by atoms with Gasteiger partial charge in [-0.2, -0.15) is 0 Å². The average Bonchev–Trinajstić information content (AvgIpc) is 3.84. The number of nitrogens with zero attached hydrogens (tertiary/aromatic N) is 3. The molecule has 0 N–H and O–H groups in total. The minimum atomic E-state index is 0.711. The van der Waals surface area contributed by atoms with Crippen LogP contribution < -0.4 is 0 Å². The monoisotopic (exact) mass is 747 g/mol. The largest absolute Gasteiger partial charge is 0.247 e. The minimum Gasteiger partial charge on any atom is -0.247 e. The highest BCUT2D eigenvalue weighted by molar-refractivity contribution is 7.26. The van der Waals surface area contributed by atoms with Crippen LogP contribution in [0.15, 0.2) is 176 Å². The third-order valence-electron chi connectivity index (χ3n) is 11.1. The maximum absolute atomic E-state index is 5.39. The van der Waals surface area contributed by atoms with Crippen LogP contribution in [0, 0.1) is 0 Å². The molecule has 0 amide bonds. The Hall–Kier alpha value is -6.79. The second-order valence-electron chi connectivity index (χ2n) is 14.3. The molecule has 5 heteroatoms. The summed E-state index contributed by atoms with van der Waals surface area (Å²) in [5, 5.41) is 10.9. The maximum atomic E-state index is 5.39. The third-order valence-corrected chi connectivity index (χ3v) is 13.3. The van der Waals surface area contributed by atoms with Crippen molar-refractivity contribution < 1.29 is 0 Å². The van der Waals surface area contributed by atoms with Crippen molar-refractivity contribution in [3.05, 3.63) is 176 Å². The topological polar surface area (TPSA) is 38.7 Å². The fourth-order valence-electron chi connectivity index (χ4n) is 8.54. The van der Waals surface area contributed by atoms with Gasteiger partial charge < -0.3 is 0 Å². The summed E-state index contributed by atoms with van der Waals surface area (Å²) in [6.07, 6.45) is 0. The first-order chi connectivity index (χ1) is 27.7. The van der Waals surface area contributed by atoms with Gasteiger partial charge in [-0.3, -0.25) is 0 Å². The molecule has 0 aliphatic heterocycles. The molecule has 0 saturated heterocycles. The van der Waals surface area contributed by atoms with Crippen LogP contribution in [0.4, 0.5) is 0 Å². The van der Waals surface area contributed by atoms with Crippen molar-refractivity contribution in [1.29, 1.82) is 0 Å². The fraction of sp³-hybridized carbons (Fsp3) is 0. The van der Waals surface area contributed by atoms with Gasteiger partial charge in [0.1, 0.15) is 0 Å². The number of aromatic nitrogens is 3. The Balaban J connectivity index is 1.13. The zero-order valence-corrected chi connectivity index (χ0v) is 31.5. The van der Waals surface area contributed by atoms with Crippen LogP contribution >= 0.6 is 22.7 Å². The number of thiophene rings is 2. The van der Waals surface area contributed by atoms with E-state index in [9.17, 15) is 0 Å². The van der Waals surface area contributed by atoms with E-state index in [-0.39, 0.29) is 0 Å². The first-order valence-corrected chi connectivity index (χ1v) is 20.4. The second kappa shape index (κ2) is 12.4. The zero-order valence-electron chi connectivity index (χ0n) is 29.9. The molecule has 0 aliphatic carbocycles. The van der Waals surface area contributed by atoms with Crippen molar-refractivity contribution >= 4 is 95.5 Å². The van der Waals surface area contributed by atoms with Gasteiger partial charge in [-0.15, -0.1) is 22.7 Å². The van der Waals surface area contributed by atoms with Gasteiger partial charge in [0.25, 0.3) is 0 Å². The average molecular weight is 748 g/mol. The quantitative estimate of drug-likeness (QED) is 0.168. The molecule has 12 aromatic rings. The highest BCUT2D eigenvalue weighted by Crippen LogP contribution is 2.46. The van der Waals surface area contributed by atoms with Gasteiger partial charge in [-0.05, 0) is 59.3 Å². The van der Waals surface area contributed by atoms with Gasteiger partial charge in [0.2, 0.25) is 0 Å². The number of benzene rings is 8. The molecule has 0 fully saturated rings. The normalized spacial score (nSPS) is 11.9. The van der Waals surface area contributed by atoms with E-state index < -0.39 is 0 Å². The highest BCUT2D eigenvalue weighted by Gasteiger charge is 2.20. The summed E-state index contributed by atoms with van der Waals surface area (Å²) in [5.74, 6) is 0.711. The molecule has 0 aliphatic rings. The van der Waals surface area contributed by atoms with E-state index in [4.69, 9.17) is 15.0 Å². The van der Waals surface area contributed by atoms with Crippen LogP contribution in [0.3, 0.4) is 0 Å². The van der Waals surface area contributed by atoms with Crippen LogP contribution in [0.25, 0.3) is 118 Å². The van der Waals surface area contributed by atoms with E-state index in [0.717, 1.165) is 55.6 Å². The van der Waals surface area contributed by atoms with Crippen LogP contribution in [0.5, 0.6) is 0 Å². The van der Waals surface area contributed by atoms with E-state index in [1.54, 1.807) is 0 Å². The molecule has 0 atom stereocenters. The number of hydrogen-bond donors (Lipinski definition) is 0. The summed E-state index contributed by atoms with van der Waals surface area (Å²) in [7, 11) is 0. The smallest absolute Gasteiger partial charge is 0.160 e. The Kier molecular flexibility index (Phi) is 6.97. The summed E-state index contributed by atoms with van der Waals surface area (Å²) in [5.41, 5.74) is 8.13. The van der Waals surface area contributed by atoms with Crippen molar-refractivity contribution in [3.8, 4) is 45.2 Å². The lowest BCUT2D eigenvalue weighted by atomic mass is 9.94. The number of rotatable bonds is 4. The summed E-state index contributed by atoms with van der Waals surface area (Å²) in [6.45, 7) is 0. The van der Waals surface area contributed by atoms with Gasteiger partial charge in [0.05, 0.1) is 22.6 Å². The summed E-state index contributed by atoms with van der Waals surface area (Å²) < 4.78 is 5.02. The zero-order chi connectivity index (χ0) is 36.7. The van der Waals surface area contributed by atoms with Gasteiger partial charge in [-0.1, -0.05) is 127 Å². The molecule has 0 spiro atoms. The molecule has 0 unspecified atom stereocenters. The van der Waals surface area contributed by atoms with Crippen LogP contribution in [-0.2, 0) is 0 Å². The molecule has 4 heterocycles. The van der Waals surface area contributed by atoms with E-state index in [0.29, 0.717) is 5.82 Å². The van der Waals surface area contributed by atoms with Crippen molar-refractivity contribution in [3.63, 3.8) is 0 Å². The minimum absolute atomic E-state index is 0.711. The molecule has 0 radical (unpaired) electrons. The Labute approximate surface area is 329 Å². The van der Waals surface area contributed by atoms with Gasteiger partial charge >= 0.3 is 0 Å². The molecule has 260 valence electrons. The molecule has 0 bridgehead atoms. The number of pyridine rings is 1. The van der Waals surface area contributed by atoms with Crippen molar-refractivity contribution in [1.82, 2.24) is 15.0 Å². The number of fused-ring (bicyclic) bond motifs is 11. The first kappa shape index (κ1) is 31.5. The van der Waals surface area contributed by atoms with Crippen molar-refractivity contribution in [2.24, 2.45) is 0 Å². The van der Waals surface area contributed by atoms with Crippen molar-refractivity contribution in [2.45, 2.75) is 0 Å². The summed E-state index contributed by atoms with van der Waals surface area (Å²) in [4.78, 5) is 16.0. The lowest BCUT2D eigenvalue weighted by Crippen LogP contribution is -1.96. The number of para-hydroxylation sites is 1. The summed E-state index contributed by atoms with van der Waals surface area (Å²) >= 11 is 3.67. The van der Waals surface area contributed by atoms with Crippen LogP contribution in [0.2, 0.25) is 0 Å². The Bertz CT molecular complexity index is 3540. The lowest BCUT2D eigenvalue weighted by molar-refractivity contribution is 1.19. The van der Waals surface area contributed by atoms with E-state index >= 15 is 0 Å². The molecular weight excluding hydrogens is 719 g/mol. The second-order valence-corrected chi connectivity index (χ2v) is 16.5. The predicted molar refractivity (Wildman–Crippen MR) is 240 cm³/mol. The van der Waals surface area contributed by atoms with E-state index in [1.807, 2.05) is 22.7 Å². The lowest BCUT2D eigenvalue weighted by Gasteiger charge is -2.13. The van der Waals surface area contributed by atoms with Crippen molar-refractivity contribution in [2.75, 3.05) is 0 Å². The third kappa shape index (κ3) is 4.85. The summed E-state index contributed by atoms with van der Waals surface area (Å²) in [6, 6.07) is 62.9. The molecule has 8 aromatic carbocycles. The van der Waals surface area contributed by atoms with Gasteiger partial charge in [0, 0.05) is 78.8 Å². The SMILES string of the molecule is c1ccc(-c2cc(-c3cccc4sc5ccccc5c34)nc(-c3ccc4sc5ccc6c(-c7cccc8ccccc78)nc7ccccc7c6c5c4c3)n2)cc1. The Morgan fingerprint density at radius 1 is 0.339 bits per heavy atom. The Morgan fingerprint density at radius 2 is 1.00 bits per heavy atom. The fourth-order valence-corrected chi connectivity index (χ4v) is 10.8. The molecule has 3 nitrogen and oxygen atoms in total. The maximum Gasteiger partial charge on any atom is 0.160 e. The van der Waals surface area contributed by atoms with Crippen LogP contribution in [-0.4, -0.2) is 15.0 Å². The van der Waals surface area contributed by atoms with Gasteiger partial charge in [-0.25, -0.2) is 15.0 Å². The molecule has 56 heavy (non-hydrogen) atoms. The first-order valence-electron chi connectivity index (χ1n) is 18.8.